The first-order chi connectivity index (χ1) is 16.4. The number of aryl methyl sites for hydroxylation is 1. The molecule has 1 saturated heterocycles. The fourth-order valence-electron chi connectivity index (χ4n) is 5.11. The molecule has 1 aromatic heterocycles. The van der Waals surface area contributed by atoms with Crippen molar-refractivity contribution in [1.82, 2.24) is 14.8 Å². The van der Waals surface area contributed by atoms with Gasteiger partial charge in [-0.1, -0.05) is 29.8 Å². The Balaban J connectivity index is 1.30. The maximum absolute atomic E-state index is 13.4. The maximum atomic E-state index is 13.4. The number of piperidine rings is 1. The minimum atomic E-state index is -0.645. The zero-order valence-corrected chi connectivity index (χ0v) is 20.8. The van der Waals surface area contributed by atoms with Crippen LogP contribution in [-0.2, 0) is 13.1 Å². The van der Waals surface area contributed by atoms with E-state index < -0.39 is 6.17 Å². The number of nitrogens with zero attached hydrogens (tertiary/aromatic N) is 3. The van der Waals surface area contributed by atoms with E-state index >= 15 is 0 Å². The molecule has 0 amide bonds. The number of likely N-dealkylation sites (tertiary alicyclic amines) is 1. The van der Waals surface area contributed by atoms with Crippen LogP contribution in [-0.4, -0.2) is 47.6 Å². The third kappa shape index (κ3) is 5.29. The van der Waals surface area contributed by atoms with E-state index in [0.29, 0.717) is 18.7 Å². The number of aromatic nitrogens is 1. The number of hydrogen-bond acceptors (Lipinski definition) is 5. The summed E-state index contributed by atoms with van der Waals surface area (Å²) in [6.45, 7) is 6.37. The van der Waals surface area contributed by atoms with Gasteiger partial charge in [-0.15, -0.1) is 12.6 Å². The van der Waals surface area contributed by atoms with Crippen LogP contribution < -0.4 is 4.74 Å². The smallest absolute Gasteiger partial charge is 0.219 e. The van der Waals surface area contributed by atoms with Gasteiger partial charge in [0.05, 0.1) is 0 Å². The summed E-state index contributed by atoms with van der Waals surface area (Å²) in [5.41, 5.74) is 6.23. The van der Waals surface area contributed by atoms with Crippen LogP contribution in [0, 0.1) is 6.92 Å². The van der Waals surface area contributed by atoms with E-state index in [9.17, 15) is 4.39 Å². The van der Waals surface area contributed by atoms with Crippen molar-refractivity contribution in [2.75, 3.05) is 26.7 Å². The molecule has 1 atom stereocenters. The Morgan fingerprint density at radius 3 is 2.59 bits per heavy atom. The van der Waals surface area contributed by atoms with Gasteiger partial charge in [0.15, 0.2) is 0 Å². The largest absolute Gasteiger partial charge is 0.439 e. The summed E-state index contributed by atoms with van der Waals surface area (Å²) in [7, 11) is 2.16. The van der Waals surface area contributed by atoms with Crippen LogP contribution in [0.3, 0.4) is 0 Å². The number of ether oxygens (including phenoxy) is 1. The summed E-state index contributed by atoms with van der Waals surface area (Å²) < 4.78 is 19.5. The Hall–Kier alpha value is -2.41. The van der Waals surface area contributed by atoms with Crippen molar-refractivity contribution in [3.05, 3.63) is 82.5 Å². The minimum absolute atomic E-state index is 0.288. The predicted octanol–water partition coefficient (Wildman–Crippen LogP) is 5.98. The number of fused-ring (bicyclic) bond motifs is 1. The molecule has 34 heavy (non-hydrogen) atoms. The van der Waals surface area contributed by atoms with E-state index in [2.05, 4.69) is 65.2 Å². The summed E-state index contributed by atoms with van der Waals surface area (Å²) in [5.74, 6) is 1.67. The molecule has 3 aromatic rings. The van der Waals surface area contributed by atoms with Crippen molar-refractivity contribution in [3.8, 4) is 11.6 Å². The topological polar surface area (TPSA) is 28.6 Å². The van der Waals surface area contributed by atoms with Gasteiger partial charge in [0, 0.05) is 55.8 Å². The number of benzene rings is 2. The quantitative estimate of drug-likeness (QED) is 0.458. The van der Waals surface area contributed by atoms with Crippen LogP contribution in [0.15, 0.2) is 59.6 Å². The van der Waals surface area contributed by atoms with E-state index in [1.54, 1.807) is 0 Å². The molecular weight excluding hydrogens is 445 g/mol. The van der Waals surface area contributed by atoms with E-state index in [-0.39, 0.29) is 5.92 Å². The Kier molecular flexibility index (Phi) is 6.91. The molecule has 0 saturated carbocycles. The molecule has 0 bridgehead atoms. The normalized spacial score (nSPS) is 19.7. The van der Waals surface area contributed by atoms with Crippen LogP contribution in [0.4, 0.5) is 4.39 Å². The number of thiol groups is 1. The van der Waals surface area contributed by atoms with Gasteiger partial charge < -0.3 is 9.64 Å². The Labute approximate surface area is 207 Å². The number of pyridine rings is 1. The minimum Gasteiger partial charge on any atom is -0.439 e. The molecule has 4 nitrogen and oxygen atoms in total. The molecule has 2 aliphatic rings. The van der Waals surface area contributed by atoms with Gasteiger partial charge >= 0.3 is 0 Å². The second kappa shape index (κ2) is 10.1. The van der Waals surface area contributed by atoms with Crippen molar-refractivity contribution in [2.45, 2.75) is 49.8 Å². The van der Waals surface area contributed by atoms with Gasteiger partial charge in [0.25, 0.3) is 0 Å². The highest BCUT2D eigenvalue weighted by Gasteiger charge is 2.26. The van der Waals surface area contributed by atoms with Crippen LogP contribution in [0.2, 0.25) is 0 Å². The second-order valence-electron chi connectivity index (χ2n) is 9.73. The average molecular weight is 478 g/mol. The van der Waals surface area contributed by atoms with Gasteiger partial charge in [0.1, 0.15) is 11.9 Å². The molecule has 2 aliphatic heterocycles. The number of likely N-dealkylation sites (N-methyl/N-ethyl adjacent to an activating group) is 1. The molecule has 178 valence electrons. The zero-order chi connectivity index (χ0) is 23.7. The summed E-state index contributed by atoms with van der Waals surface area (Å²) in [5, 5.41) is 0. The fourth-order valence-corrected chi connectivity index (χ4v) is 5.54. The molecule has 2 aromatic carbocycles. The fraction of sp³-hybridized carbons (Fsp3) is 0.393. The van der Waals surface area contributed by atoms with Gasteiger partial charge in [-0.05, 0) is 67.3 Å². The van der Waals surface area contributed by atoms with Crippen molar-refractivity contribution in [3.63, 3.8) is 0 Å². The highest BCUT2D eigenvalue weighted by Crippen LogP contribution is 2.38. The molecule has 3 heterocycles. The first-order valence-corrected chi connectivity index (χ1v) is 12.5. The molecule has 6 heteroatoms. The summed E-state index contributed by atoms with van der Waals surface area (Å²) in [6.07, 6.45) is 2.48. The van der Waals surface area contributed by atoms with Gasteiger partial charge in [-0.2, -0.15) is 0 Å². The van der Waals surface area contributed by atoms with Gasteiger partial charge in [0.2, 0.25) is 5.88 Å². The Bertz CT molecular complexity index is 1140. The summed E-state index contributed by atoms with van der Waals surface area (Å²) in [6, 6.07) is 16.9. The average Bonchev–Trinajstić information content (AvgIpc) is 2.81. The predicted molar refractivity (Wildman–Crippen MR) is 137 cm³/mol. The Morgan fingerprint density at radius 1 is 1.06 bits per heavy atom. The van der Waals surface area contributed by atoms with E-state index in [1.165, 1.54) is 22.3 Å². The highest BCUT2D eigenvalue weighted by atomic mass is 32.1. The first kappa shape index (κ1) is 23.3. The van der Waals surface area contributed by atoms with Crippen LogP contribution in [0.5, 0.6) is 11.6 Å². The van der Waals surface area contributed by atoms with Crippen molar-refractivity contribution < 1.29 is 9.13 Å². The van der Waals surface area contributed by atoms with Gasteiger partial charge in [-0.25, -0.2) is 9.37 Å². The lowest BCUT2D eigenvalue weighted by atomic mass is 9.84. The van der Waals surface area contributed by atoms with Gasteiger partial charge in [-0.3, -0.25) is 4.90 Å². The lowest BCUT2D eigenvalue weighted by Gasteiger charge is -2.33. The Morgan fingerprint density at radius 2 is 1.85 bits per heavy atom. The lowest BCUT2D eigenvalue weighted by molar-refractivity contribution is 0.145. The third-order valence-corrected chi connectivity index (χ3v) is 7.32. The number of hydrogen-bond donors (Lipinski definition) is 1. The van der Waals surface area contributed by atoms with Crippen LogP contribution in [0.1, 0.15) is 46.6 Å². The molecule has 0 radical (unpaired) electrons. The standard InChI is InChI=1S/C28H32FN3OS/c1-19-3-6-25(27(34)13-19)26-18-31(2)17-21-14-23(5-7-24(21)26)33-28-8-4-20(15-30-28)16-32-11-9-22(29)10-12-32/h3-8,13-15,22,26,34H,9-12,16-18H2,1-2H3. The van der Waals surface area contributed by atoms with E-state index in [1.807, 2.05) is 18.3 Å². The second-order valence-corrected chi connectivity index (χ2v) is 10.2. The van der Waals surface area contributed by atoms with E-state index in [0.717, 1.165) is 48.9 Å². The summed E-state index contributed by atoms with van der Waals surface area (Å²) >= 11 is 4.77. The van der Waals surface area contributed by atoms with Crippen molar-refractivity contribution >= 4 is 12.6 Å². The maximum Gasteiger partial charge on any atom is 0.219 e. The van der Waals surface area contributed by atoms with Crippen molar-refractivity contribution in [2.24, 2.45) is 0 Å². The molecule has 1 fully saturated rings. The molecule has 0 spiro atoms. The van der Waals surface area contributed by atoms with Crippen LogP contribution >= 0.6 is 12.6 Å². The molecule has 0 aliphatic carbocycles. The highest BCUT2D eigenvalue weighted by molar-refractivity contribution is 7.80. The lowest BCUT2D eigenvalue weighted by Crippen LogP contribution is -2.33. The SMILES string of the molecule is Cc1ccc(C2CN(C)Cc3cc(Oc4ccc(CN5CCC(F)CC5)cn4)ccc32)c(S)c1. The monoisotopic (exact) mass is 477 g/mol. The molecular formula is C28H32FN3OS. The first-order valence-electron chi connectivity index (χ1n) is 12.0. The molecule has 0 N–H and O–H groups in total. The molecule has 1 unspecified atom stereocenters. The zero-order valence-electron chi connectivity index (χ0n) is 19.9. The number of alkyl halides is 1. The van der Waals surface area contributed by atoms with Crippen molar-refractivity contribution in [1.29, 1.82) is 0 Å². The van der Waals surface area contributed by atoms with Crippen LogP contribution in [0.25, 0.3) is 0 Å². The third-order valence-electron chi connectivity index (χ3n) is 6.93. The van der Waals surface area contributed by atoms with E-state index in [4.69, 9.17) is 17.4 Å². The number of rotatable bonds is 5. The molecule has 5 rings (SSSR count). The number of halogens is 1. The summed E-state index contributed by atoms with van der Waals surface area (Å²) in [4.78, 5) is 10.2.